The molecule has 0 bridgehead atoms. The van der Waals surface area contributed by atoms with E-state index in [0.29, 0.717) is 5.15 Å². The summed E-state index contributed by atoms with van der Waals surface area (Å²) in [7, 11) is 0. The molecule has 0 amide bonds. The van der Waals surface area contributed by atoms with Crippen LogP contribution in [-0.4, -0.2) is 18.1 Å². The molecule has 1 aliphatic heterocycles. The molecule has 2 aromatic rings. The van der Waals surface area contributed by atoms with E-state index in [1.165, 1.54) is 43.4 Å². The maximum atomic E-state index is 6.25. The van der Waals surface area contributed by atoms with Crippen LogP contribution < -0.4 is 4.90 Å². The first-order valence-corrected chi connectivity index (χ1v) is 8.00. The van der Waals surface area contributed by atoms with Gasteiger partial charge in [0.1, 0.15) is 5.15 Å². The van der Waals surface area contributed by atoms with E-state index in [1.54, 1.807) is 0 Å². The molecule has 2 heterocycles. The van der Waals surface area contributed by atoms with E-state index in [0.717, 1.165) is 23.9 Å². The number of anilines is 1. The van der Waals surface area contributed by atoms with E-state index >= 15 is 0 Å². The van der Waals surface area contributed by atoms with Gasteiger partial charge >= 0.3 is 0 Å². The molecule has 0 saturated carbocycles. The molecule has 0 aliphatic carbocycles. The number of fused-ring (bicyclic) bond motifs is 1. The lowest BCUT2D eigenvalue weighted by Gasteiger charge is -2.29. The molecule has 1 aromatic carbocycles. The number of nitrogens with zero attached hydrogens (tertiary/aromatic N) is 2. The Hall–Kier alpha value is -1.28. The zero-order valence-electron chi connectivity index (χ0n) is 12.0. The fourth-order valence-electron chi connectivity index (χ4n) is 2.98. The minimum Gasteiger partial charge on any atom is -0.372 e. The van der Waals surface area contributed by atoms with Crippen LogP contribution in [-0.2, 0) is 6.42 Å². The van der Waals surface area contributed by atoms with Crippen molar-refractivity contribution in [3.05, 3.63) is 35.0 Å². The van der Waals surface area contributed by atoms with Gasteiger partial charge in [0.25, 0.3) is 0 Å². The van der Waals surface area contributed by atoms with Crippen molar-refractivity contribution < 1.29 is 0 Å². The molecule has 20 heavy (non-hydrogen) atoms. The van der Waals surface area contributed by atoms with E-state index in [4.69, 9.17) is 11.6 Å². The van der Waals surface area contributed by atoms with Crippen molar-refractivity contribution in [1.82, 2.24) is 4.98 Å². The number of hydrogen-bond donors (Lipinski definition) is 0. The number of halogens is 1. The molecule has 1 fully saturated rings. The van der Waals surface area contributed by atoms with Gasteiger partial charge in [-0.15, -0.1) is 0 Å². The van der Waals surface area contributed by atoms with Gasteiger partial charge in [0.05, 0.1) is 5.52 Å². The molecule has 1 aromatic heterocycles. The SMILES string of the molecule is CCCc1cc2cc(N3CCCCC3)ccc2nc1Cl. The molecule has 0 unspecified atom stereocenters. The zero-order valence-corrected chi connectivity index (χ0v) is 12.8. The van der Waals surface area contributed by atoms with E-state index in [9.17, 15) is 0 Å². The summed E-state index contributed by atoms with van der Waals surface area (Å²) in [5.41, 5.74) is 3.48. The average molecular weight is 289 g/mol. The number of aryl methyl sites for hydroxylation is 1. The third kappa shape index (κ3) is 2.76. The van der Waals surface area contributed by atoms with Crippen molar-refractivity contribution in [2.75, 3.05) is 18.0 Å². The summed E-state index contributed by atoms with van der Waals surface area (Å²) < 4.78 is 0. The van der Waals surface area contributed by atoms with Gasteiger partial charge in [-0.3, -0.25) is 0 Å². The summed E-state index contributed by atoms with van der Waals surface area (Å²) in [6.45, 7) is 4.52. The Labute approximate surface area is 125 Å². The van der Waals surface area contributed by atoms with Crippen LogP contribution in [0.4, 0.5) is 5.69 Å². The third-order valence-corrected chi connectivity index (χ3v) is 4.39. The van der Waals surface area contributed by atoms with Gasteiger partial charge in [-0.25, -0.2) is 4.98 Å². The van der Waals surface area contributed by atoms with Crippen LogP contribution in [0.1, 0.15) is 38.2 Å². The van der Waals surface area contributed by atoms with Crippen molar-refractivity contribution in [2.24, 2.45) is 0 Å². The number of benzene rings is 1. The largest absolute Gasteiger partial charge is 0.372 e. The fourth-order valence-corrected chi connectivity index (χ4v) is 3.22. The average Bonchev–Trinajstić information content (AvgIpc) is 2.49. The zero-order chi connectivity index (χ0) is 13.9. The van der Waals surface area contributed by atoms with Crippen molar-refractivity contribution in [3.8, 4) is 0 Å². The summed E-state index contributed by atoms with van der Waals surface area (Å²) in [6.07, 6.45) is 6.06. The smallest absolute Gasteiger partial charge is 0.132 e. The van der Waals surface area contributed by atoms with Crippen LogP contribution in [0.15, 0.2) is 24.3 Å². The van der Waals surface area contributed by atoms with Crippen LogP contribution in [0.5, 0.6) is 0 Å². The highest BCUT2D eigenvalue weighted by Gasteiger charge is 2.12. The molecule has 0 radical (unpaired) electrons. The second-order valence-corrected chi connectivity index (χ2v) is 5.97. The Balaban J connectivity index is 1.98. The van der Waals surface area contributed by atoms with Crippen LogP contribution in [0, 0.1) is 0 Å². The Kier molecular flexibility index (Phi) is 4.11. The number of piperidine rings is 1. The Morgan fingerprint density at radius 2 is 1.95 bits per heavy atom. The molecule has 3 rings (SSSR count). The molecule has 0 atom stereocenters. The summed E-state index contributed by atoms with van der Waals surface area (Å²) in [4.78, 5) is 7.01. The summed E-state index contributed by atoms with van der Waals surface area (Å²) in [6, 6.07) is 8.75. The van der Waals surface area contributed by atoms with Gasteiger partial charge < -0.3 is 4.90 Å². The number of rotatable bonds is 3. The second kappa shape index (κ2) is 6.01. The first kappa shape index (κ1) is 13.7. The van der Waals surface area contributed by atoms with Crippen LogP contribution in [0.2, 0.25) is 5.15 Å². The topological polar surface area (TPSA) is 16.1 Å². The second-order valence-electron chi connectivity index (χ2n) is 5.61. The lowest BCUT2D eigenvalue weighted by atomic mass is 10.1. The van der Waals surface area contributed by atoms with E-state index in [2.05, 4.69) is 41.1 Å². The minimum atomic E-state index is 0.657. The molecule has 106 valence electrons. The van der Waals surface area contributed by atoms with Gasteiger partial charge in [-0.1, -0.05) is 24.9 Å². The lowest BCUT2D eigenvalue weighted by Crippen LogP contribution is -2.29. The third-order valence-electron chi connectivity index (χ3n) is 4.06. The molecule has 3 heteroatoms. The quantitative estimate of drug-likeness (QED) is 0.752. The van der Waals surface area contributed by atoms with Gasteiger partial charge in [-0.05, 0) is 55.5 Å². The van der Waals surface area contributed by atoms with Crippen molar-refractivity contribution in [3.63, 3.8) is 0 Å². The summed E-state index contributed by atoms with van der Waals surface area (Å²) in [5.74, 6) is 0. The van der Waals surface area contributed by atoms with Crippen LogP contribution in [0.25, 0.3) is 10.9 Å². The lowest BCUT2D eigenvalue weighted by molar-refractivity contribution is 0.578. The standard InChI is InChI=1S/C17H21ClN2/c1-2-6-13-11-14-12-15(20-9-4-3-5-10-20)7-8-16(14)19-17(13)18/h7-8,11-12H,2-6,9-10H2,1H3. The molecular weight excluding hydrogens is 268 g/mol. The Morgan fingerprint density at radius 3 is 2.70 bits per heavy atom. The van der Waals surface area contributed by atoms with E-state index < -0.39 is 0 Å². The van der Waals surface area contributed by atoms with Crippen molar-refractivity contribution in [2.45, 2.75) is 39.0 Å². The monoisotopic (exact) mass is 288 g/mol. The summed E-state index contributed by atoms with van der Waals surface area (Å²) >= 11 is 6.25. The number of hydrogen-bond acceptors (Lipinski definition) is 2. The highest BCUT2D eigenvalue weighted by atomic mass is 35.5. The van der Waals surface area contributed by atoms with Gasteiger partial charge in [-0.2, -0.15) is 0 Å². The number of aromatic nitrogens is 1. The predicted molar refractivity (Wildman–Crippen MR) is 86.8 cm³/mol. The molecule has 1 aliphatic rings. The van der Waals surface area contributed by atoms with Crippen molar-refractivity contribution >= 4 is 28.2 Å². The maximum Gasteiger partial charge on any atom is 0.132 e. The maximum absolute atomic E-state index is 6.25. The minimum absolute atomic E-state index is 0.657. The first-order chi connectivity index (χ1) is 9.78. The van der Waals surface area contributed by atoms with Crippen LogP contribution in [0.3, 0.4) is 0 Å². The molecule has 0 spiro atoms. The Morgan fingerprint density at radius 1 is 1.15 bits per heavy atom. The normalized spacial score (nSPS) is 15.8. The van der Waals surface area contributed by atoms with E-state index in [-0.39, 0.29) is 0 Å². The van der Waals surface area contributed by atoms with Gasteiger partial charge in [0.2, 0.25) is 0 Å². The van der Waals surface area contributed by atoms with Gasteiger partial charge in [0, 0.05) is 24.2 Å². The fraction of sp³-hybridized carbons (Fsp3) is 0.471. The van der Waals surface area contributed by atoms with Gasteiger partial charge in [0.15, 0.2) is 0 Å². The summed E-state index contributed by atoms with van der Waals surface area (Å²) in [5, 5.41) is 1.87. The molecular formula is C17H21ClN2. The molecule has 1 saturated heterocycles. The van der Waals surface area contributed by atoms with Crippen molar-refractivity contribution in [1.29, 1.82) is 0 Å². The Bertz CT molecular complexity index is 603. The van der Waals surface area contributed by atoms with E-state index in [1.807, 2.05) is 0 Å². The number of pyridine rings is 1. The predicted octanol–water partition coefficient (Wildman–Crippen LogP) is 4.83. The highest BCUT2D eigenvalue weighted by molar-refractivity contribution is 6.30. The molecule has 2 nitrogen and oxygen atoms in total. The first-order valence-electron chi connectivity index (χ1n) is 7.62. The molecule has 0 N–H and O–H groups in total. The highest BCUT2D eigenvalue weighted by Crippen LogP contribution is 2.27. The van der Waals surface area contributed by atoms with Crippen LogP contribution >= 0.6 is 11.6 Å².